The van der Waals surface area contributed by atoms with E-state index in [1.807, 2.05) is 0 Å². The third-order valence-corrected chi connectivity index (χ3v) is 1.96. The van der Waals surface area contributed by atoms with Crippen LogP contribution in [0.25, 0.3) is 0 Å². The van der Waals surface area contributed by atoms with Gasteiger partial charge in [0.15, 0.2) is 0 Å². The van der Waals surface area contributed by atoms with Crippen LogP contribution in [0.15, 0.2) is 10.7 Å². The molecule has 0 saturated carbocycles. The second-order valence-electron chi connectivity index (χ2n) is 2.36. The summed E-state index contributed by atoms with van der Waals surface area (Å²) < 4.78 is 25.0. The lowest BCUT2D eigenvalue weighted by Gasteiger charge is -2.08. The van der Waals surface area contributed by atoms with Crippen molar-refractivity contribution in [2.24, 2.45) is 0 Å². The highest BCUT2D eigenvalue weighted by Gasteiger charge is 2.16. The second-order valence-corrected chi connectivity index (χ2v) is 3.17. The minimum atomic E-state index is -2.66. The molecular formula is C7H7BrF2N2O. The molecule has 0 radical (unpaired) electrons. The number of anilines is 1. The normalized spacial score (nSPS) is 10.8. The summed E-state index contributed by atoms with van der Waals surface area (Å²) in [5.41, 5.74) is 5.03. The first-order chi connectivity index (χ1) is 6.06. The Morgan fingerprint density at radius 1 is 1.62 bits per heavy atom. The Balaban J connectivity index is 3.29. The fraction of sp³-hybridized carbons (Fsp3) is 0.286. The second kappa shape index (κ2) is 3.97. The Morgan fingerprint density at radius 3 is 2.69 bits per heavy atom. The quantitative estimate of drug-likeness (QED) is 0.791. The van der Waals surface area contributed by atoms with Crippen molar-refractivity contribution in [3.05, 3.63) is 21.8 Å². The molecule has 3 nitrogen and oxygen atoms in total. The first-order valence-corrected chi connectivity index (χ1v) is 4.19. The predicted molar refractivity (Wildman–Crippen MR) is 47.2 cm³/mol. The molecule has 1 aromatic rings. The largest absolute Gasteiger partial charge is 0.392 e. The first kappa shape index (κ1) is 10.3. The van der Waals surface area contributed by atoms with E-state index in [0.29, 0.717) is 0 Å². The lowest BCUT2D eigenvalue weighted by Crippen LogP contribution is -2.03. The van der Waals surface area contributed by atoms with Gasteiger partial charge in [0.05, 0.1) is 6.61 Å². The highest BCUT2D eigenvalue weighted by atomic mass is 79.9. The average molecular weight is 253 g/mol. The molecule has 72 valence electrons. The molecule has 0 aliphatic rings. The maximum atomic E-state index is 12.4. The van der Waals surface area contributed by atoms with Crippen molar-refractivity contribution in [2.75, 3.05) is 5.73 Å². The van der Waals surface area contributed by atoms with E-state index in [-0.39, 0.29) is 21.5 Å². The molecule has 0 aliphatic carbocycles. The molecular weight excluding hydrogens is 246 g/mol. The standard InChI is InChI=1S/C7H7BrF2N2O/c8-5-1-3(6(9)10)4(2-13)7(11)12-5/h1,6,13H,2H2,(H2,11,12). The Labute approximate surface area is 81.7 Å². The molecule has 1 heterocycles. The average Bonchev–Trinajstić information content (AvgIpc) is 2.02. The maximum Gasteiger partial charge on any atom is 0.264 e. The molecule has 0 amide bonds. The van der Waals surface area contributed by atoms with Crippen molar-refractivity contribution >= 4 is 21.7 Å². The number of nitrogen functional groups attached to an aromatic ring is 1. The molecule has 0 aliphatic heterocycles. The molecule has 0 saturated heterocycles. The van der Waals surface area contributed by atoms with Gasteiger partial charge >= 0.3 is 0 Å². The fourth-order valence-corrected chi connectivity index (χ4v) is 1.38. The van der Waals surface area contributed by atoms with Gasteiger partial charge in [0.25, 0.3) is 6.43 Å². The number of aromatic nitrogens is 1. The molecule has 3 N–H and O–H groups in total. The number of aliphatic hydroxyl groups excluding tert-OH is 1. The third-order valence-electron chi connectivity index (χ3n) is 1.55. The monoisotopic (exact) mass is 252 g/mol. The van der Waals surface area contributed by atoms with Gasteiger partial charge in [-0.25, -0.2) is 13.8 Å². The van der Waals surface area contributed by atoms with Gasteiger partial charge in [-0.05, 0) is 22.0 Å². The predicted octanol–water partition coefficient (Wildman–Crippen LogP) is 1.86. The summed E-state index contributed by atoms with van der Waals surface area (Å²) in [6, 6.07) is 1.15. The van der Waals surface area contributed by atoms with Crippen LogP contribution in [0.2, 0.25) is 0 Å². The van der Waals surface area contributed by atoms with Crippen molar-refractivity contribution in [3.8, 4) is 0 Å². The van der Waals surface area contributed by atoms with E-state index in [1.165, 1.54) is 0 Å². The van der Waals surface area contributed by atoms with Crippen LogP contribution < -0.4 is 5.73 Å². The number of alkyl halides is 2. The van der Waals surface area contributed by atoms with E-state index in [4.69, 9.17) is 10.8 Å². The molecule has 13 heavy (non-hydrogen) atoms. The number of hydrogen-bond acceptors (Lipinski definition) is 3. The molecule has 1 aromatic heterocycles. The van der Waals surface area contributed by atoms with Crippen LogP contribution in [0, 0.1) is 0 Å². The van der Waals surface area contributed by atoms with E-state index >= 15 is 0 Å². The number of halogens is 3. The lowest BCUT2D eigenvalue weighted by atomic mass is 10.1. The SMILES string of the molecule is Nc1nc(Br)cc(C(F)F)c1CO. The van der Waals surface area contributed by atoms with Crippen LogP contribution in [-0.2, 0) is 6.61 Å². The van der Waals surface area contributed by atoms with E-state index < -0.39 is 13.0 Å². The van der Waals surface area contributed by atoms with Crippen LogP contribution in [0.1, 0.15) is 17.6 Å². The highest BCUT2D eigenvalue weighted by Crippen LogP contribution is 2.28. The fourth-order valence-electron chi connectivity index (χ4n) is 0.945. The summed E-state index contributed by atoms with van der Waals surface area (Å²) in [7, 11) is 0. The molecule has 0 bridgehead atoms. The molecule has 6 heteroatoms. The zero-order chi connectivity index (χ0) is 10.0. The van der Waals surface area contributed by atoms with Crippen molar-refractivity contribution in [2.45, 2.75) is 13.0 Å². The smallest absolute Gasteiger partial charge is 0.264 e. The van der Waals surface area contributed by atoms with Crippen LogP contribution in [0.4, 0.5) is 14.6 Å². The van der Waals surface area contributed by atoms with Gasteiger partial charge in [-0.15, -0.1) is 0 Å². The van der Waals surface area contributed by atoms with Crippen molar-refractivity contribution in [1.29, 1.82) is 0 Å². The minimum absolute atomic E-state index is 0.0156. The van der Waals surface area contributed by atoms with Gasteiger partial charge in [0.2, 0.25) is 0 Å². The molecule has 0 unspecified atom stereocenters. The molecule has 0 spiro atoms. The summed E-state index contributed by atoms with van der Waals surface area (Å²) in [5.74, 6) is -0.0767. The summed E-state index contributed by atoms with van der Waals surface area (Å²) in [4.78, 5) is 3.69. The summed E-state index contributed by atoms with van der Waals surface area (Å²) >= 11 is 2.94. The minimum Gasteiger partial charge on any atom is -0.392 e. The molecule has 1 rings (SSSR count). The topological polar surface area (TPSA) is 59.1 Å². The highest BCUT2D eigenvalue weighted by molar-refractivity contribution is 9.10. The number of hydrogen-bond donors (Lipinski definition) is 2. The van der Waals surface area contributed by atoms with Crippen LogP contribution in [0.5, 0.6) is 0 Å². The zero-order valence-corrected chi connectivity index (χ0v) is 8.05. The Kier molecular flexibility index (Phi) is 3.16. The maximum absolute atomic E-state index is 12.4. The molecule has 0 fully saturated rings. The van der Waals surface area contributed by atoms with E-state index in [1.54, 1.807) is 0 Å². The van der Waals surface area contributed by atoms with Crippen molar-refractivity contribution in [3.63, 3.8) is 0 Å². The number of rotatable bonds is 2. The Bertz CT molecular complexity index is 320. The number of nitrogens with two attached hydrogens (primary N) is 1. The van der Waals surface area contributed by atoms with Gasteiger partial charge in [0, 0.05) is 11.1 Å². The van der Waals surface area contributed by atoms with Gasteiger partial charge in [0.1, 0.15) is 10.4 Å². The van der Waals surface area contributed by atoms with Crippen LogP contribution in [-0.4, -0.2) is 10.1 Å². The van der Waals surface area contributed by atoms with E-state index in [0.717, 1.165) is 6.07 Å². The summed E-state index contributed by atoms with van der Waals surface area (Å²) in [5, 5.41) is 8.77. The van der Waals surface area contributed by atoms with Crippen LogP contribution in [0.3, 0.4) is 0 Å². The Morgan fingerprint density at radius 2 is 2.23 bits per heavy atom. The van der Waals surface area contributed by atoms with Gasteiger partial charge < -0.3 is 10.8 Å². The lowest BCUT2D eigenvalue weighted by molar-refractivity contribution is 0.147. The number of aliphatic hydroxyl groups is 1. The third kappa shape index (κ3) is 2.13. The van der Waals surface area contributed by atoms with E-state index in [2.05, 4.69) is 20.9 Å². The molecule has 0 aromatic carbocycles. The van der Waals surface area contributed by atoms with Crippen LogP contribution >= 0.6 is 15.9 Å². The number of nitrogens with zero attached hydrogens (tertiary/aromatic N) is 1. The number of pyridine rings is 1. The zero-order valence-electron chi connectivity index (χ0n) is 6.47. The van der Waals surface area contributed by atoms with Crippen molar-refractivity contribution < 1.29 is 13.9 Å². The van der Waals surface area contributed by atoms with Gasteiger partial charge in [-0.1, -0.05) is 0 Å². The van der Waals surface area contributed by atoms with Gasteiger partial charge in [-0.3, -0.25) is 0 Å². The molecule has 0 atom stereocenters. The Hall–Kier alpha value is -0.750. The first-order valence-electron chi connectivity index (χ1n) is 3.40. The summed E-state index contributed by atoms with van der Waals surface area (Å²) in [6.07, 6.45) is -2.66. The van der Waals surface area contributed by atoms with E-state index in [9.17, 15) is 8.78 Å². The van der Waals surface area contributed by atoms with Gasteiger partial charge in [-0.2, -0.15) is 0 Å². The van der Waals surface area contributed by atoms with Crippen molar-refractivity contribution in [1.82, 2.24) is 4.98 Å². The summed E-state index contributed by atoms with van der Waals surface area (Å²) in [6.45, 7) is -0.536.